The highest BCUT2D eigenvalue weighted by molar-refractivity contribution is 5.27. The smallest absolute Gasteiger partial charge is 0.132 e. The minimum atomic E-state index is 0.351. The molecular weight excluding hydrogens is 264 g/mol. The van der Waals surface area contributed by atoms with Crippen LogP contribution in [0.5, 0.6) is 5.75 Å². The standard InChI is InChI=1S/C16H22N4O/c1-4-13-5-7-14(8-6-13)21-11-16-15(9-17)18-19-20(16)10-12(2)3/h5-8H,2,4,9-11,17H2,1,3H3. The lowest BCUT2D eigenvalue weighted by Crippen LogP contribution is -2.11. The minimum absolute atomic E-state index is 0.351. The van der Waals surface area contributed by atoms with Crippen LogP contribution in [0.1, 0.15) is 30.8 Å². The quantitative estimate of drug-likeness (QED) is 0.794. The van der Waals surface area contributed by atoms with Crippen LogP contribution >= 0.6 is 0 Å². The summed E-state index contributed by atoms with van der Waals surface area (Å²) in [4.78, 5) is 0. The third kappa shape index (κ3) is 3.92. The molecule has 0 radical (unpaired) electrons. The summed E-state index contributed by atoms with van der Waals surface area (Å²) in [6.45, 7) is 9.37. The zero-order valence-electron chi connectivity index (χ0n) is 12.7. The first-order valence-electron chi connectivity index (χ1n) is 7.11. The van der Waals surface area contributed by atoms with Gasteiger partial charge in [0.05, 0.1) is 6.54 Å². The van der Waals surface area contributed by atoms with Crippen molar-refractivity contribution in [3.8, 4) is 5.75 Å². The molecule has 0 fully saturated rings. The third-order valence-corrected chi connectivity index (χ3v) is 3.24. The second-order valence-electron chi connectivity index (χ2n) is 5.09. The number of nitrogens with zero attached hydrogens (tertiary/aromatic N) is 3. The second-order valence-corrected chi connectivity index (χ2v) is 5.09. The molecule has 5 heteroatoms. The highest BCUT2D eigenvalue weighted by atomic mass is 16.5. The van der Waals surface area contributed by atoms with Crippen LogP contribution < -0.4 is 10.5 Å². The maximum Gasteiger partial charge on any atom is 0.132 e. The molecule has 0 spiro atoms. The highest BCUT2D eigenvalue weighted by Gasteiger charge is 2.12. The molecular formula is C16H22N4O. The van der Waals surface area contributed by atoms with E-state index in [0.717, 1.165) is 29.1 Å². The predicted molar refractivity (Wildman–Crippen MR) is 82.9 cm³/mol. The van der Waals surface area contributed by atoms with E-state index in [4.69, 9.17) is 10.5 Å². The number of aromatic nitrogens is 3. The first-order valence-corrected chi connectivity index (χ1v) is 7.11. The molecule has 2 N–H and O–H groups in total. The van der Waals surface area contributed by atoms with E-state index in [9.17, 15) is 0 Å². The third-order valence-electron chi connectivity index (χ3n) is 3.24. The molecule has 0 saturated heterocycles. The number of rotatable bonds is 7. The summed E-state index contributed by atoms with van der Waals surface area (Å²) in [5.74, 6) is 0.832. The molecule has 21 heavy (non-hydrogen) atoms. The fourth-order valence-corrected chi connectivity index (χ4v) is 2.04. The monoisotopic (exact) mass is 286 g/mol. The van der Waals surface area contributed by atoms with Crippen LogP contribution in [0.25, 0.3) is 0 Å². The number of hydrogen-bond donors (Lipinski definition) is 1. The SMILES string of the molecule is C=C(C)Cn1nnc(CN)c1COc1ccc(CC)cc1. The maximum absolute atomic E-state index is 5.83. The van der Waals surface area contributed by atoms with Gasteiger partial charge in [-0.05, 0) is 31.0 Å². The van der Waals surface area contributed by atoms with Crippen molar-refractivity contribution in [1.82, 2.24) is 15.0 Å². The van der Waals surface area contributed by atoms with Crippen LogP contribution in [0, 0.1) is 0 Å². The first-order chi connectivity index (χ1) is 10.1. The van der Waals surface area contributed by atoms with Crippen molar-refractivity contribution in [2.45, 2.75) is 40.0 Å². The van der Waals surface area contributed by atoms with Gasteiger partial charge in [-0.15, -0.1) is 5.10 Å². The van der Waals surface area contributed by atoms with Crippen LogP contribution in [0.15, 0.2) is 36.4 Å². The van der Waals surface area contributed by atoms with Crippen LogP contribution in [-0.2, 0) is 26.1 Å². The zero-order valence-corrected chi connectivity index (χ0v) is 12.7. The molecule has 2 rings (SSSR count). The van der Waals surface area contributed by atoms with E-state index < -0.39 is 0 Å². The lowest BCUT2D eigenvalue weighted by molar-refractivity contribution is 0.291. The van der Waals surface area contributed by atoms with Gasteiger partial charge < -0.3 is 10.5 Å². The van der Waals surface area contributed by atoms with Gasteiger partial charge in [0.15, 0.2) is 0 Å². The lowest BCUT2D eigenvalue weighted by atomic mass is 10.2. The number of benzene rings is 1. The van der Waals surface area contributed by atoms with Gasteiger partial charge in [0, 0.05) is 6.54 Å². The summed E-state index contributed by atoms with van der Waals surface area (Å²) in [6, 6.07) is 8.10. The molecule has 0 amide bonds. The van der Waals surface area contributed by atoms with Gasteiger partial charge in [0.2, 0.25) is 0 Å². The summed E-state index contributed by atoms with van der Waals surface area (Å²) in [6.07, 6.45) is 1.02. The van der Waals surface area contributed by atoms with Crippen molar-refractivity contribution in [3.63, 3.8) is 0 Å². The Bertz CT molecular complexity index is 601. The maximum atomic E-state index is 5.83. The summed E-state index contributed by atoms with van der Waals surface area (Å²) >= 11 is 0. The van der Waals surface area contributed by atoms with E-state index in [1.54, 1.807) is 4.68 Å². The van der Waals surface area contributed by atoms with Gasteiger partial charge >= 0.3 is 0 Å². The Balaban J connectivity index is 2.10. The van der Waals surface area contributed by atoms with Crippen LogP contribution in [0.4, 0.5) is 0 Å². The Kier molecular flexibility index (Phi) is 5.11. The Hall–Kier alpha value is -2.14. The topological polar surface area (TPSA) is 66.0 Å². The van der Waals surface area contributed by atoms with Crippen molar-refractivity contribution >= 4 is 0 Å². The molecule has 5 nitrogen and oxygen atoms in total. The van der Waals surface area contributed by atoms with Gasteiger partial charge in [-0.1, -0.05) is 36.4 Å². The van der Waals surface area contributed by atoms with Crippen LogP contribution in [-0.4, -0.2) is 15.0 Å². The van der Waals surface area contributed by atoms with E-state index in [1.807, 2.05) is 19.1 Å². The average molecular weight is 286 g/mol. The van der Waals surface area contributed by atoms with Crippen molar-refractivity contribution in [1.29, 1.82) is 0 Å². The molecule has 1 heterocycles. The van der Waals surface area contributed by atoms with Crippen LogP contribution in [0.3, 0.4) is 0 Å². The minimum Gasteiger partial charge on any atom is -0.487 e. The summed E-state index contributed by atoms with van der Waals surface area (Å²) in [5.41, 5.74) is 9.68. The summed E-state index contributed by atoms with van der Waals surface area (Å²) in [5, 5.41) is 8.21. The van der Waals surface area contributed by atoms with Gasteiger partial charge in [-0.2, -0.15) is 0 Å². The first kappa shape index (κ1) is 15.3. The van der Waals surface area contributed by atoms with E-state index in [0.29, 0.717) is 19.7 Å². The number of allylic oxidation sites excluding steroid dienone is 1. The predicted octanol–water partition coefficient (Wildman–Crippen LogP) is 2.45. The summed E-state index contributed by atoms with van der Waals surface area (Å²) in [7, 11) is 0. The molecule has 1 aromatic heterocycles. The van der Waals surface area contributed by atoms with Crippen LogP contribution in [0.2, 0.25) is 0 Å². The normalized spacial score (nSPS) is 10.6. The Labute approximate surface area is 125 Å². The number of ether oxygens (including phenoxy) is 1. The molecule has 2 aromatic rings. The van der Waals surface area contributed by atoms with Gasteiger partial charge in [0.1, 0.15) is 23.7 Å². The summed E-state index contributed by atoms with van der Waals surface area (Å²) < 4.78 is 7.63. The van der Waals surface area contributed by atoms with Crippen molar-refractivity contribution in [2.75, 3.05) is 0 Å². The number of aryl methyl sites for hydroxylation is 1. The molecule has 0 atom stereocenters. The van der Waals surface area contributed by atoms with Crippen molar-refractivity contribution in [2.24, 2.45) is 5.73 Å². The van der Waals surface area contributed by atoms with Gasteiger partial charge in [-0.3, -0.25) is 0 Å². The van der Waals surface area contributed by atoms with E-state index in [-0.39, 0.29) is 0 Å². The highest BCUT2D eigenvalue weighted by Crippen LogP contribution is 2.16. The molecule has 0 saturated carbocycles. The fraction of sp³-hybridized carbons (Fsp3) is 0.375. The fourth-order valence-electron chi connectivity index (χ4n) is 2.04. The Morgan fingerprint density at radius 3 is 2.62 bits per heavy atom. The average Bonchev–Trinajstić information content (AvgIpc) is 2.86. The second kappa shape index (κ2) is 7.04. The van der Waals surface area contributed by atoms with Crippen molar-refractivity contribution in [3.05, 3.63) is 53.4 Å². The van der Waals surface area contributed by atoms with E-state index in [2.05, 4.69) is 35.9 Å². The lowest BCUT2D eigenvalue weighted by Gasteiger charge is -2.10. The van der Waals surface area contributed by atoms with E-state index >= 15 is 0 Å². The molecule has 0 aliphatic rings. The van der Waals surface area contributed by atoms with E-state index in [1.165, 1.54) is 5.56 Å². The number of nitrogens with two attached hydrogens (primary N) is 1. The Morgan fingerprint density at radius 1 is 1.33 bits per heavy atom. The molecule has 1 aromatic carbocycles. The molecule has 112 valence electrons. The molecule has 0 unspecified atom stereocenters. The van der Waals surface area contributed by atoms with Gasteiger partial charge in [-0.25, -0.2) is 4.68 Å². The van der Waals surface area contributed by atoms with Crippen molar-refractivity contribution < 1.29 is 4.74 Å². The Morgan fingerprint density at radius 2 is 2.05 bits per heavy atom. The largest absolute Gasteiger partial charge is 0.487 e. The zero-order chi connectivity index (χ0) is 15.2. The molecule has 0 bridgehead atoms. The molecule has 0 aliphatic heterocycles. The molecule has 0 aliphatic carbocycles. The number of hydrogen-bond acceptors (Lipinski definition) is 4. The van der Waals surface area contributed by atoms with Gasteiger partial charge in [0.25, 0.3) is 0 Å².